The van der Waals surface area contributed by atoms with Crippen molar-refractivity contribution in [1.29, 1.82) is 0 Å². The maximum absolute atomic E-state index is 12.3. The zero-order valence-corrected chi connectivity index (χ0v) is 13.2. The second-order valence-electron chi connectivity index (χ2n) is 5.92. The summed E-state index contributed by atoms with van der Waals surface area (Å²) in [7, 11) is 3.84. The average Bonchev–Trinajstić information content (AvgIpc) is 2.40. The number of hydrogen-bond acceptors (Lipinski definition) is 3. The van der Waals surface area contributed by atoms with E-state index < -0.39 is 5.60 Å². The molecule has 1 aromatic rings. The van der Waals surface area contributed by atoms with Crippen molar-refractivity contribution < 1.29 is 9.90 Å². The highest BCUT2D eigenvalue weighted by Gasteiger charge is 2.35. The second-order valence-corrected chi connectivity index (χ2v) is 6.36. The molecule has 0 radical (unpaired) electrons. The first-order valence-corrected chi connectivity index (χ1v) is 7.44. The van der Waals surface area contributed by atoms with E-state index in [0.29, 0.717) is 30.3 Å². The van der Waals surface area contributed by atoms with E-state index in [1.54, 1.807) is 29.2 Å². The van der Waals surface area contributed by atoms with Gasteiger partial charge in [-0.15, -0.1) is 0 Å². The highest BCUT2D eigenvalue weighted by atomic mass is 35.5. The van der Waals surface area contributed by atoms with E-state index in [0.717, 1.165) is 12.8 Å². The Balaban J connectivity index is 1.97. The van der Waals surface area contributed by atoms with E-state index in [9.17, 15) is 9.90 Å². The number of nitrogens with zero attached hydrogens (tertiary/aromatic N) is 2. The van der Waals surface area contributed by atoms with Crippen LogP contribution < -0.4 is 5.32 Å². The molecule has 1 heterocycles. The van der Waals surface area contributed by atoms with Crippen LogP contribution in [0.15, 0.2) is 24.3 Å². The topological polar surface area (TPSA) is 55.8 Å². The molecule has 0 spiro atoms. The predicted molar refractivity (Wildman–Crippen MR) is 84.8 cm³/mol. The third-order valence-electron chi connectivity index (χ3n) is 3.55. The molecule has 2 N–H and O–H groups in total. The van der Waals surface area contributed by atoms with Gasteiger partial charge in [-0.1, -0.05) is 11.6 Å². The van der Waals surface area contributed by atoms with Gasteiger partial charge in [-0.3, -0.25) is 0 Å². The molecular formula is C15H22ClN3O2. The van der Waals surface area contributed by atoms with Crippen molar-refractivity contribution in [1.82, 2.24) is 9.80 Å². The fourth-order valence-electron chi connectivity index (χ4n) is 2.74. The van der Waals surface area contributed by atoms with Crippen molar-refractivity contribution >= 4 is 23.3 Å². The van der Waals surface area contributed by atoms with Gasteiger partial charge in [0.1, 0.15) is 0 Å². The van der Waals surface area contributed by atoms with Gasteiger partial charge in [-0.25, -0.2) is 4.79 Å². The Morgan fingerprint density at radius 2 is 2.10 bits per heavy atom. The van der Waals surface area contributed by atoms with Crippen LogP contribution in [0.3, 0.4) is 0 Å². The molecule has 0 saturated carbocycles. The van der Waals surface area contributed by atoms with E-state index in [2.05, 4.69) is 5.32 Å². The summed E-state index contributed by atoms with van der Waals surface area (Å²) in [6.45, 7) is 1.57. The highest BCUT2D eigenvalue weighted by Crippen LogP contribution is 2.23. The summed E-state index contributed by atoms with van der Waals surface area (Å²) in [6.07, 6.45) is 1.52. The molecule has 6 heteroatoms. The minimum Gasteiger partial charge on any atom is -0.387 e. The first-order valence-electron chi connectivity index (χ1n) is 7.07. The quantitative estimate of drug-likeness (QED) is 0.900. The van der Waals surface area contributed by atoms with E-state index in [1.165, 1.54) is 0 Å². The molecule has 21 heavy (non-hydrogen) atoms. The minimum absolute atomic E-state index is 0.186. The third kappa shape index (κ3) is 4.59. The van der Waals surface area contributed by atoms with Crippen LogP contribution in [0.4, 0.5) is 10.5 Å². The number of carbonyl (C=O) groups excluding carboxylic acids is 1. The molecule has 0 unspecified atom stereocenters. The van der Waals surface area contributed by atoms with Gasteiger partial charge in [0.05, 0.1) is 12.1 Å². The molecule has 5 nitrogen and oxygen atoms in total. The highest BCUT2D eigenvalue weighted by molar-refractivity contribution is 6.30. The Morgan fingerprint density at radius 3 is 2.71 bits per heavy atom. The number of piperidine rings is 1. The molecule has 1 fully saturated rings. The fourth-order valence-corrected chi connectivity index (χ4v) is 2.87. The van der Waals surface area contributed by atoms with E-state index >= 15 is 0 Å². The van der Waals surface area contributed by atoms with E-state index in [1.807, 2.05) is 19.0 Å². The Kier molecular flexibility index (Phi) is 5.08. The number of amides is 2. The van der Waals surface area contributed by atoms with Crippen molar-refractivity contribution in [3.8, 4) is 0 Å². The fraction of sp³-hybridized carbons (Fsp3) is 0.533. The number of anilines is 1. The van der Waals surface area contributed by atoms with Gasteiger partial charge in [0.2, 0.25) is 0 Å². The maximum Gasteiger partial charge on any atom is 0.321 e. The second kappa shape index (κ2) is 6.64. The normalized spacial score (nSPS) is 22.4. The van der Waals surface area contributed by atoms with Crippen LogP contribution in [0, 0.1) is 0 Å². The lowest BCUT2D eigenvalue weighted by Gasteiger charge is -2.40. The van der Waals surface area contributed by atoms with Gasteiger partial charge in [-0.05, 0) is 51.2 Å². The number of rotatable bonds is 3. The maximum atomic E-state index is 12.3. The molecular weight excluding hydrogens is 290 g/mol. The number of β-amino-alcohol motifs (C(OH)–C–C–N with tert-alkyl or cyclic N) is 1. The third-order valence-corrected chi connectivity index (χ3v) is 3.80. The first kappa shape index (κ1) is 16.1. The number of likely N-dealkylation sites (tertiary alicyclic amines) is 1. The number of aliphatic hydroxyl groups is 1. The van der Waals surface area contributed by atoms with Crippen molar-refractivity contribution in [3.63, 3.8) is 0 Å². The zero-order valence-electron chi connectivity index (χ0n) is 12.5. The Morgan fingerprint density at radius 1 is 1.43 bits per heavy atom. The first-order chi connectivity index (χ1) is 9.88. The van der Waals surface area contributed by atoms with Gasteiger partial charge < -0.3 is 20.2 Å². The van der Waals surface area contributed by atoms with Crippen LogP contribution in [0.1, 0.15) is 12.8 Å². The van der Waals surface area contributed by atoms with Crippen molar-refractivity contribution in [3.05, 3.63) is 29.3 Å². The standard InChI is InChI=1S/C15H22ClN3O2/c1-18(2)10-15(21)8-3-9-19(11-15)14(20)17-13-6-4-12(16)5-7-13/h4-7,21H,3,8-11H2,1-2H3,(H,17,20)/t15-/m0/s1. The minimum atomic E-state index is -0.834. The van der Waals surface area contributed by atoms with E-state index in [4.69, 9.17) is 11.6 Å². The van der Waals surface area contributed by atoms with Crippen molar-refractivity contribution in [2.45, 2.75) is 18.4 Å². The summed E-state index contributed by atoms with van der Waals surface area (Å²) in [6, 6.07) is 6.80. The van der Waals surface area contributed by atoms with Crippen LogP contribution in [-0.4, -0.2) is 60.3 Å². The van der Waals surface area contributed by atoms with Gasteiger partial charge in [0.15, 0.2) is 0 Å². The lowest BCUT2D eigenvalue weighted by atomic mass is 9.92. The number of urea groups is 1. The van der Waals surface area contributed by atoms with Crippen molar-refractivity contribution in [2.24, 2.45) is 0 Å². The Bertz CT molecular complexity index is 492. The van der Waals surface area contributed by atoms with Crippen molar-refractivity contribution in [2.75, 3.05) is 39.0 Å². The van der Waals surface area contributed by atoms with Crippen LogP contribution in [0.25, 0.3) is 0 Å². The molecule has 1 aliphatic rings. The largest absolute Gasteiger partial charge is 0.387 e. The van der Waals surface area contributed by atoms with Crippen LogP contribution in [0.2, 0.25) is 5.02 Å². The number of nitrogens with one attached hydrogen (secondary N) is 1. The van der Waals surface area contributed by atoms with Gasteiger partial charge in [-0.2, -0.15) is 0 Å². The van der Waals surface area contributed by atoms with Gasteiger partial charge in [0.25, 0.3) is 0 Å². The zero-order chi connectivity index (χ0) is 15.5. The lowest BCUT2D eigenvalue weighted by molar-refractivity contribution is -0.0333. The summed E-state index contributed by atoms with van der Waals surface area (Å²) in [5.41, 5.74) is -0.134. The average molecular weight is 312 g/mol. The predicted octanol–water partition coefficient (Wildman–Crippen LogP) is 2.26. The molecule has 1 aliphatic heterocycles. The summed E-state index contributed by atoms with van der Waals surface area (Å²) >= 11 is 5.82. The van der Waals surface area contributed by atoms with Crippen LogP contribution >= 0.6 is 11.6 Å². The van der Waals surface area contributed by atoms with Gasteiger partial charge >= 0.3 is 6.03 Å². The lowest BCUT2D eigenvalue weighted by Crippen LogP contribution is -2.55. The summed E-state index contributed by atoms with van der Waals surface area (Å²) < 4.78 is 0. The number of halogens is 1. The van der Waals surface area contributed by atoms with E-state index in [-0.39, 0.29) is 6.03 Å². The summed E-state index contributed by atoms with van der Waals surface area (Å²) in [4.78, 5) is 15.9. The van der Waals surface area contributed by atoms with Gasteiger partial charge in [0, 0.05) is 23.8 Å². The number of likely N-dealkylation sites (N-methyl/N-ethyl adjacent to an activating group) is 1. The number of hydrogen-bond donors (Lipinski definition) is 2. The molecule has 2 amide bonds. The molecule has 1 saturated heterocycles. The molecule has 116 valence electrons. The monoisotopic (exact) mass is 311 g/mol. The number of carbonyl (C=O) groups is 1. The SMILES string of the molecule is CN(C)C[C@@]1(O)CCCN(C(=O)Nc2ccc(Cl)cc2)C1. The Labute approximate surface area is 130 Å². The Hall–Kier alpha value is -1.30. The summed E-state index contributed by atoms with van der Waals surface area (Å²) in [5.74, 6) is 0. The molecule has 0 aromatic heterocycles. The van der Waals surface area contributed by atoms with Crippen LogP contribution in [0.5, 0.6) is 0 Å². The molecule has 1 atom stereocenters. The molecule has 2 rings (SSSR count). The smallest absolute Gasteiger partial charge is 0.321 e. The molecule has 1 aromatic carbocycles. The summed E-state index contributed by atoms with van der Waals surface area (Å²) in [5, 5.41) is 14.0. The molecule has 0 aliphatic carbocycles. The molecule has 0 bridgehead atoms. The van der Waals surface area contributed by atoms with Crippen LogP contribution in [-0.2, 0) is 0 Å². The number of benzene rings is 1.